The first-order chi connectivity index (χ1) is 14.6. The lowest BCUT2D eigenvalue weighted by Crippen LogP contribution is -2.41. The van der Waals surface area contributed by atoms with Crippen LogP contribution in [0.3, 0.4) is 0 Å². The Morgan fingerprint density at radius 1 is 0.800 bits per heavy atom. The largest absolute Gasteiger partial charge is 0.271 e. The number of carbonyl (C=O) groups excluding carboxylic acids is 2. The van der Waals surface area contributed by atoms with Gasteiger partial charge >= 0.3 is 0 Å². The Labute approximate surface area is 183 Å². The summed E-state index contributed by atoms with van der Waals surface area (Å²) in [5.41, 5.74) is 3.74. The zero-order valence-electron chi connectivity index (χ0n) is 17.8. The first-order valence-corrected chi connectivity index (χ1v) is 11.8. The highest BCUT2D eigenvalue weighted by Gasteiger charge is 2.42. The molecule has 0 bridgehead atoms. The predicted molar refractivity (Wildman–Crippen MR) is 123 cm³/mol. The van der Waals surface area contributed by atoms with Crippen molar-refractivity contribution in [1.82, 2.24) is 4.90 Å². The molecular weight excluding hydrogens is 390 g/mol. The standard InChI is InChI=1S/C26H29NO2S/c1-18-15-16-20(17-19(18)2)23-24(30-22-13-9-6-10-14-22)26(29)27(25(23)28)21-11-7-4-3-5-8-12-21/h6,9-10,13-17,21H,3-5,7-8,11-12H2,1-2H3. The van der Waals surface area contributed by atoms with Crippen LogP contribution < -0.4 is 0 Å². The Hall–Kier alpha value is -2.33. The Kier molecular flexibility index (Phi) is 6.43. The first-order valence-electron chi connectivity index (χ1n) is 11.0. The van der Waals surface area contributed by atoms with Crippen LogP contribution in [-0.2, 0) is 9.59 Å². The summed E-state index contributed by atoms with van der Waals surface area (Å²) in [4.78, 5) is 30.4. The monoisotopic (exact) mass is 419 g/mol. The average molecular weight is 420 g/mol. The van der Waals surface area contributed by atoms with E-state index in [-0.39, 0.29) is 17.9 Å². The maximum Gasteiger partial charge on any atom is 0.268 e. The molecule has 0 atom stereocenters. The van der Waals surface area contributed by atoms with Crippen molar-refractivity contribution >= 4 is 29.1 Å². The molecule has 4 heteroatoms. The Morgan fingerprint density at radius 2 is 1.47 bits per heavy atom. The average Bonchev–Trinajstić information content (AvgIpc) is 2.95. The molecule has 0 aromatic heterocycles. The molecule has 1 saturated carbocycles. The van der Waals surface area contributed by atoms with Crippen molar-refractivity contribution in [3.8, 4) is 0 Å². The third-order valence-electron chi connectivity index (χ3n) is 6.27. The predicted octanol–water partition coefficient (Wildman–Crippen LogP) is 6.29. The summed E-state index contributed by atoms with van der Waals surface area (Å²) in [5, 5.41) is 0. The van der Waals surface area contributed by atoms with Gasteiger partial charge in [-0.15, -0.1) is 0 Å². The van der Waals surface area contributed by atoms with Gasteiger partial charge in [0.25, 0.3) is 11.8 Å². The van der Waals surface area contributed by atoms with E-state index in [0.29, 0.717) is 10.5 Å². The van der Waals surface area contributed by atoms with Crippen molar-refractivity contribution in [3.63, 3.8) is 0 Å². The highest BCUT2D eigenvalue weighted by Crippen LogP contribution is 2.42. The molecule has 0 radical (unpaired) electrons. The number of hydrogen-bond acceptors (Lipinski definition) is 3. The van der Waals surface area contributed by atoms with Crippen LogP contribution >= 0.6 is 11.8 Å². The summed E-state index contributed by atoms with van der Waals surface area (Å²) in [7, 11) is 0. The van der Waals surface area contributed by atoms with E-state index in [9.17, 15) is 9.59 Å². The third-order valence-corrected chi connectivity index (χ3v) is 7.36. The number of amides is 2. The fraction of sp³-hybridized carbons (Fsp3) is 0.385. The van der Waals surface area contributed by atoms with Gasteiger partial charge in [0, 0.05) is 10.9 Å². The van der Waals surface area contributed by atoms with Crippen LogP contribution in [0.2, 0.25) is 0 Å². The van der Waals surface area contributed by atoms with Gasteiger partial charge in [0.05, 0.1) is 10.5 Å². The summed E-state index contributed by atoms with van der Waals surface area (Å²) in [6, 6.07) is 16.0. The zero-order valence-corrected chi connectivity index (χ0v) is 18.6. The molecule has 1 aliphatic carbocycles. The summed E-state index contributed by atoms with van der Waals surface area (Å²) in [6.07, 6.45) is 7.65. The Bertz CT molecular complexity index is 972. The lowest BCUT2D eigenvalue weighted by molar-refractivity contribution is -0.139. The molecule has 2 aromatic carbocycles. The van der Waals surface area contributed by atoms with Gasteiger partial charge < -0.3 is 0 Å². The van der Waals surface area contributed by atoms with Gasteiger partial charge in [-0.25, -0.2) is 0 Å². The maximum absolute atomic E-state index is 13.6. The molecule has 0 saturated heterocycles. The lowest BCUT2D eigenvalue weighted by Gasteiger charge is -2.28. The fourth-order valence-electron chi connectivity index (χ4n) is 4.40. The molecule has 1 heterocycles. The molecule has 3 nitrogen and oxygen atoms in total. The SMILES string of the molecule is Cc1ccc(C2=C(Sc3ccccc3)C(=O)N(C3CCCCCCC3)C2=O)cc1C. The van der Waals surface area contributed by atoms with Crippen molar-refractivity contribution in [2.75, 3.05) is 0 Å². The number of hydrogen-bond donors (Lipinski definition) is 0. The van der Waals surface area contributed by atoms with Gasteiger partial charge in [-0.2, -0.15) is 0 Å². The van der Waals surface area contributed by atoms with Crippen LogP contribution in [-0.4, -0.2) is 22.8 Å². The van der Waals surface area contributed by atoms with Crippen LogP contribution in [0.5, 0.6) is 0 Å². The van der Waals surface area contributed by atoms with E-state index >= 15 is 0 Å². The van der Waals surface area contributed by atoms with Gasteiger partial charge in [0.2, 0.25) is 0 Å². The molecule has 0 N–H and O–H groups in total. The topological polar surface area (TPSA) is 37.4 Å². The van der Waals surface area contributed by atoms with Crippen LogP contribution in [0, 0.1) is 13.8 Å². The molecule has 2 aromatic rings. The smallest absolute Gasteiger partial charge is 0.268 e. The number of rotatable bonds is 4. The highest BCUT2D eigenvalue weighted by atomic mass is 32.2. The highest BCUT2D eigenvalue weighted by molar-refractivity contribution is 8.04. The quantitative estimate of drug-likeness (QED) is 0.547. The van der Waals surface area contributed by atoms with Crippen molar-refractivity contribution in [1.29, 1.82) is 0 Å². The molecule has 2 aliphatic rings. The van der Waals surface area contributed by atoms with Gasteiger partial charge in [-0.05, 0) is 55.5 Å². The van der Waals surface area contributed by atoms with Gasteiger partial charge in [0.15, 0.2) is 0 Å². The second-order valence-electron chi connectivity index (χ2n) is 8.40. The molecule has 2 amide bonds. The van der Waals surface area contributed by atoms with E-state index in [1.165, 1.54) is 36.6 Å². The van der Waals surface area contributed by atoms with E-state index in [1.54, 1.807) is 4.90 Å². The third kappa shape index (κ3) is 4.24. The number of carbonyl (C=O) groups is 2. The lowest BCUT2D eigenvalue weighted by atomic mass is 9.95. The van der Waals surface area contributed by atoms with Crippen LogP contribution in [0.4, 0.5) is 0 Å². The minimum absolute atomic E-state index is 0.0146. The number of imide groups is 1. The fourth-order valence-corrected chi connectivity index (χ4v) is 5.42. The molecule has 156 valence electrons. The minimum Gasteiger partial charge on any atom is -0.271 e. The normalized spacial score (nSPS) is 18.7. The van der Waals surface area contributed by atoms with Gasteiger partial charge in [-0.1, -0.05) is 80.3 Å². The van der Waals surface area contributed by atoms with E-state index in [4.69, 9.17) is 0 Å². The number of nitrogens with zero attached hydrogens (tertiary/aromatic N) is 1. The second kappa shape index (κ2) is 9.22. The first kappa shape index (κ1) is 20.9. The summed E-state index contributed by atoms with van der Waals surface area (Å²) in [6.45, 7) is 4.12. The van der Waals surface area contributed by atoms with Crippen LogP contribution in [0.1, 0.15) is 61.6 Å². The molecule has 1 aliphatic heterocycles. The molecular formula is C26H29NO2S. The number of benzene rings is 2. The maximum atomic E-state index is 13.6. The number of aryl methyl sites for hydroxylation is 2. The zero-order chi connectivity index (χ0) is 21.1. The summed E-state index contributed by atoms with van der Waals surface area (Å²) < 4.78 is 0. The minimum atomic E-state index is -0.118. The Morgan fingerprint density at radius 3 is 2.13 bits per heavy atom. The molecule has 30 heavy (non-hydrogen) atoms. The second-order valence-corrected chi connectivity index (χ2v) is 9.48. The Balaban J connectivity index is 1.74. The van der Waals surface area contributed by atoms with Crippen molar-refractivity contribution in [2.24, 2.45) is 0 Å². The molecule has 0 unspecified atom stereocenters. The molecule has 0 spiro atoms. The number of thioether (sulfide) groups is 1. The van der Waals surface area contributed by atoms with E-state index in [1.807, 2.05) is 48.5 Å². The van der Waals surface area contributed by atoms with Crippen molar-refractivity contribution in [2.45, 2.75) is 69.7 Å². The van der Waals surface area contributed by atoms with E-state index in [2.05, 4.69) is 13.8 Å². The van der Waals surface area contributed by atoms with Gasteiger partial charge in [-0.3, -0.25) is 14.5 Å². The van der Waals surface area contributed by atoms with Crippen molar-refractivity contribution < 1.29 is 9.59 Å². The summed E-state index contributed by atoms with van der Waals surface area (Å²) in [5.74, 6) is -0.236. The van der Waals surface area contributed by atoms with Crippen molar-refractivity contribution in [3.05, 3.63) is 70.1 Å². The molecule has 1 fully saturated rings. The summed E-state index contributed by atoms with van der Waals surface area (Å²) >= 11 is 1.42. The van der Waals surface area contributed by atoms with Crippen LogP contribution in [0.25, 0.3) is 5.57 Å². The van der Waals surface area contributed by atoms with E-state index < -0.39 is 0 Å². The van der Waals surface area contributed by atoms with Gasteiger partial charge in [0.1, 0.15) is 0 Å². The van der Waals surface area contributed by atoms with E-state index in [0.717, 1.165) is 41.7 Å². The van der Waals surface area contributed by atoms with Crippen LogP contribution in [0.15, 0.2) is 58.3 Å². The molecule has 4 rings (SSSR count).